The molecule has 1 aromatic heterocycles. The van der Waals surface area contributed by atoms with Gasteiger partial charge in [0.1, 0.15) is 11.4 Å². The van der Waals surface area contributed by atoms with Gasteiger partial charge in [0.2, 0.25) is 11.1 Å². The van der Waals surface area contributed by atoms with Crippen molar-refractivity contribution in [3.8, 4) is 11.4 Å². The largest absolute Gasteiger partial charge is 0.494 e. The summed E-state index contributed by atoms with van der Waals surface area (Å²) in [5, 5.41) is 15.4. The number of nitrogens with one attached hydrogen (secondary N) is 1. The van der Waals surface area contributed by atoms with E-state index in [1.165, 1.54) is 11.8 Å². The first-order chi connectivity index (χ1) is 14.5. The van der Waals surface area contributed by atoms with Crippen LogP contribution in [0.15, 0.2) is 53.7 Å². The number of benzene rings is 2. The minimum Gasteiger partial charge on any atom is -0.494 e. The molecule has 158 valence electrons. The second kappa shape index (κ2) is 10.2. The highest BCUT2D eigenvalue weighted by atomic mass is 32.2. The summed E-state index contributed by atoms with van der Waals surface area (Å²) in [6.45, 7) is 5.97. The normalized spacial score (nSPS) is 12.9. The minimum absolute atomic E-state index is 0.0142. The van der Waals surface area contributed by atoms with E-state index >= 15 is 0 Å². The van der Waals surface area contributed by atoms with Gasteiger partial charge in [-0.15, -0.1) is 5.10 Å². The monoisotopic (exact) mass is 425 g/mol. The number of aromatic nitrogens is 4. The van der Waals surface area contributed by atoms with Crippen molar-refractivity contribution in [1.82, 2.24) is 25.5 Å². The Bertz CT molecular complexity index is 977. The molecule has 0 aliphatic rings. The molecule has 0 saturated carbocycles. The van der Waals surface area contributed by atoms with E-state index in [-0.39, 0.29) is 17.2 Å². The average molecular weight is 426 g/mol. The second-order valence-corrected chi connectivity index (χ2v) is 8.38. The first kappa shape index (κ1) is 21.8. The minimum atomic E-state index is -0.367. The highest BCUT2D eigenvalue weighted by Crippen LogP contribution is 2.29. The van der Waals surface area contributed by atoms with E-state index in [1.54, 1.807) is 11.8 Å². The van der Waals surface area contributed by atoms with Crippen LogP contribution in [0.2, 0.25) is 0 Å². The summed E-state index contributed by atoms with van der Waals surface area (Å²) < 4.78 is 7.07. The van der Waals surface area contributed by atoms with E-state index in [0.717, 1.165) is 29.7 Å². The first-order valence-electron chi connectivity index (χ1n) is 9.98. The fourth-order valence-electron chi connectivity index (χ4n) is 3.17. The van der Waals surface area contributed by atoms with Gasteiger partial charge in [0.15, 0.2) is 0 Å². The topological polar surface area (TPSA) is 81.9 Å². The van der Waals surface area contributed by atoms with Crippen LogP contribution in [0, 0.1) is 6.92 Å². The van der Waals surface area contributed by atoms with Crippen LogP contribution in [0.3, 0.4) is 0 Å². The average Bonchev–Trinajstić information content (AvgIpc) is 3.21. The highest BCUT2D eigenvalue weighted by molar-refractivity contribution is 8.00. The molecule has 0 radical (unpaired) electrons. The molecule has 30 heavy (non-hydrogen) atoms. The van der Waals surface area contributed by atoms with Gasteiger partial charge in [0, 0.05) is 0 Å². The van der Waals surface area contributed by atoms with Gasteiger partial charge < -0.3 is 10.1 Å². The Kier molecular flexibility index (Phi) is 7.46. The maximum absolute atomic E-state index is 12.9. The molecule has 1 heterocycles. The lowest BCUT2D eigenvalue weighted by Gasteiger charge is -2.21. The van der Waals surface area contributed by atoms with Crippen LogP contribution in [-0.4, -0.2) is 38.5 Å². The van der Waals surface area contributed by atoms with Crippen molar-refractivity contribution in [2.45, 2.75) is 50.1 Å². The standard InChI is InChI=1S/C22H27N5O2S/c1-5-9-18(17-10-7-6-8-11-17)23-21(28)16(3)30-22-24-25-26-27(22)19-14-15(2)12-13-20(19)29-4/h6-8,10-14,16,18H,5,9H2,1-4H3,(H,23,28). The Balaban J connectivity index is 1.75. The van der Waals surface area contributed by atoms with Crippen LogP contribution in [0.1, 0.15) is 43.9 Å². The molecule has 0 saturated heterocycles. The van der Waals surface area contributed by atoms with Gasteiger partial charge in [-0.1, -0.05) is 61.5 Å². The number of aryl methyl sites for hydroxylation is 1. The second-order valence-electron chi connectivity index (χ2n) is 7.07. The van der Waals surface area contributed by atoms with E-state index in [4.69, 9.17) is 4.74 Å². The Morgan fingerprint density at radius 1 is 1.23 bits per heavy atom. The van der Waals surface area contributed by atoms with E-state index in [1.807, 2.05) is 62.4 Å². The predicted molar refractivity (Wildman–Crippen MR) is 118 cm³/mol. The van der Waals surface area contributed by atoms with E-state index in [0.29, 0.717) is 10.9 Å². The van der Waals surface area contributed by atoms with Crippen molar-refractivity contribution in [2.24, 2.45) is 0 Å². The maximum Gasteiger partial charge on any atom is 0.233 e. The van der Waals surface area contributed by atoms with E-state index < -0.39 is 0 Å². The van der Waals surface area contributed by atoms with Gasteiger partial charge in [-0.05, 0) is 54.0 Å². The molecule has 2 aromatic carbocycles. The van der Waals surface area contributed by atoms with Crippen molar-refractivity contribution < 1.29 is 9.53 Å². The lowest BCUT2D eigenvalue weighted by Crippen LogP contribution is -2.34. The molecule has 0 spiro atoms. The zero-order valence-electron chi connectivity index (χ0n) is 17.7. The van der Waals surface area contributed by atoms with Crippen molar-refractivity contribution in [3.63, 3.8) is 0 Å². The van der Waals surface area contributed by atoms with Gasteiger partial charge in [-0.25, -0.2) is 0 Å². The fraction of sp³-hybridized carbons (Fsp3) is 0.364. The van der Waals surface area contributed by atoms with E-state index in [9.17, 15) is 4.79 Å². The zero-order chi connectivity index (χ0) is 21.5. The third kappa shape index (κ3) is 5.18. The molecule has 0 aliphatic carbocycles. The number of amides is 1. The molecule has 2 unspecified atom stereocenters. The summed E-state index contributed by atoms with van der Waals surface area (Å²) in [6, 6.07) is 15.8. The smallest absolute Gasteiger partial charge is 0.233 e. The summed E-state index contributed by atoms with van der Waals surface area (Å²) in [5.41, 5.74) is 2.92. The van der Waals surface area contributed by atoms with Gasteiger partial charge in [-0.2, -0.15) is 4.68 Å². The van der Waals surface area contributed by atoms with E-state index in [2.05, 4.69) is 27.8 Å². The molecule has 8 heteroatoms. The molecule has 0 fully saturated rings. The first-order valence-corrected chi connectivity index (χ1v) is 10.9. The molecular weight excluding hydrogens is 398 g/mol. The number of hydrogen-bond acceptors (Lipinski definition) is 6. The van der Waals surface area contributed by atoms with Crippen molar-refractivity contribution in [1.29, 1.82) is 0 Å². The number of ether oxygens (including phenoxy) is 1. The van der Waals surface area contributed by atoms with Crippen molar-refractivity contribution in [3.05, 3.63) is 59.7 Å². The van der Waals surface area contributed by atoms with Crippen LogP contribution in [0.25, 0.3) is 5.69 Å². The van der Waals surface area contributed by atoms with Crippen molar-refractivity contribution in [2.75, 3.05) is 7.11 Å². The molecule has 0 aliphatic heterocycles. The Morgan fingerprint density at radius 3 is 2.70 bits per heavy atom. The van der Waals surface area contributed by atoms with Crippen molar-refractivity contribution >= 4 is 17.7 Å². The Morgan fingerprint density at radius 2 is 2.00 bits per heavy atom. The van der Waals surface area contributed by atoms with Crippen LogP contribution in [0.5, 0.6) is 5.75 Å². The number of carbonyl (C=O) groups excluding carboxylic acids is 1. The molecule has 0 bridgehead atoms. The number of hydrogen-bond donors (Lipinski definition) is 1. The number of nitrogens with zero attached hydrogens (tertiary/aromatic N) is 4. The third-order valence-electron chi connectivity index (χ3n) is 4.75. The van der Waals surface area contributed by atoms with Crippen LogP contribution >= 0.6 is 11.8 Å². The SMILES string of the molecule is CCCC(NC(=O)C(C)Sc1nnnn1-c1cc(C)ccc1OC)c1ccccc1. The van der Waals surface area contributed by atoms with Gasteiger partial charge in [0.25, 0.3) is 0 Å². The molecule has 3 aromatic rings. The lowest BCUT2D eigenvalue weighted by molar-refractivity contribution is -0.121. The summed E-state index contributed by atoms with van der Waals surface area (Å²) in [4.78, 5) is 12.9. The maximum atomic E-state index is 12.9. The molecular formula is C22H27N5O2S. The molecule has 1 N–H and O–H groups in total. The summed E-state index contributed by atoms with van der Waals surface area (Å²) >= 11 is 1.32. The number of methoxy groups -OCH3 is 1. The van der Waals surface area contributed by atoms with Gasteiger partial charge in [0.05, 0.1) is 18.4 Å². The lowest BCUT2D eigenvalue weighted by atomic mass is 10.0. The highest BCUT2D eigenvalue weighted by Gasteiger charge is 2.23. The molecule has 3 rings (SSSR count). The predicted octanol–water partition coefficient (Wildman–Crippen LogP) is 4.12. The number of tetrazole rings is 1. The molecule has 7 nitrogen and oxygen atoms in total. The van der Waals surface area contributed by atoms with Crippen LogP contribution in [-0.2, 0) is 4.79 Å². The summed E-state index contributed by atoms with van der Waals surface area (Å²) in [5.74, 6) is 0.618. The molecule has 2 atom stereocenters. The quantitative estimate of drug-likeness (QED) is 0.520. The summed E-state index contributed by atoms with van der Waals surface area (Å²) in [7, 11) is 1.61. The number of thioether (sulfide) groups is 1. The Labute approximate surface area is 181 Å². The zero-order valence-corrected chi connectivity index (χ0v) is 18.5. The number of carbonyl (C=O) groups is 1. The van der Waals surface area contributed by atoms with Crippen LogP contribution < -0.4 is 10.1 Å². The fourth-order valence-corrected chi connectivity index (χ4v) is 3.98. The Hall–Kier alpha value is -2.87. The number of rotatable bonds is 9. The molecule has 1 amide bonds. The summed E-state index contributed by atoms with van der Waals surface area (Å²) in [6.07, 6.45) is 1.86. The third-order valence-corrected chi connectivity index (χ3v) is 5.78. The van der Waals surface area contributed by atoms with Crippen LogP contribution in [0.4, 0.5) is 0 Å². The van der Waals surface area contributed by atoms with Gasteiger partial charge in [-0.3, -0.25) is 4.79 Å². The van der Waals surface area contributed by atoms with Gasteiger partial charge >= 0.3 is 0 Å².